The molecule has 0 aromatic heterocycles. The molecule has 0 radical (unpaired) electrons. The third-order valence-electron chi connectivity index (χ3n) is 4.65. The fraction of sp³-hybridized carbons (Fsp3) is 0.409. The SMILES string of the molecule is CCOc1ccc([C@H](C)NC(=O)N2CCOc3ccccc3C2)cc1OCC. The minimum atomic E-state index is -0.165. The maximum absolute atomic E-state index is 12.8. The quantitative estimate of drug-likeness (QED) is 0.813. The minimum absolute atomic E-state index is 0.111. The number of ether oxygens (including phenoxy) is 3. The van der Waals surface area contributed by atoms with E-state index < -0.39 is 0 Å². The first-order valence-corrected chi connectivity index (χ1v) is 9.78. The van der Waals surface area contributed by atoms with Crippen molar-refractivity contribution in [2.45, 2.75) is 33.4 Å². The van der Waals surface area contributed by atoms with Gasteiger partial charge in [-0.2, -0.15) is 0 Å². The van der Waals surface area contributed by atoms with Crippen molar-refractivity contribution in [2.75, 3.05) is 26.4 Å². The van der Waals surface area contributed by atoms with Crippen LogP contribution in [0.1, 0.15) is 37.9 Å². The summed E-state index contributed by atoms with van der Waals surface area (Å²) in [5.41, 5.74) is 1.98. The van der Waals surface area contributed by atoms with E-state index in [1.54, 1.807) is 4.90 Å². The van der Waals surface area contributed by atoms with E-state index in [1.165, 1.54) is 0 Å². The number of rotatable bonds is 6. The van der Waals surface area contributed by atoms with E-state index in [4.69, 9.17) is 14.2 Å². The normalized spacial score (nSPS) is 14.3. The van der Waals surface area contributed by atoms with Crippen molar-refractivity contribution >= 4 is 6.03 Å². The third kappa shape index (κ3) is 4.68. The second kappa shape index (κ2) is 9.35. The molecule has 0 bridgehead atoms. The first kappa shape index (κ1) is 19.9. The average molecular weight is 384 g/mol. The monoisotopic (exact) mass is 384 g/mol. The van der Waals surface area contributed by atoms with E-state index in [1.807, 2.05) is 63.2 Å². The highest BCUT2D eigenvalue weighted by atomic mass is 16.5. The van der Waals surface area contributed by atoms with Gasteiger partial charge in [-0.3, -0.25) is 0 Å². The summed E-state index contributed by atoms with van der Waals surface area (Å²) in [7, 11) is 0. The third-order valence-corrected chi connectivity index (χ3v) is 4.65. The van der Waals surface area contributed by atoms with Crippen molar-refractivity contribution in [2.24, 2.45) is 0 Å². The van der Waals surface area contributed by atoms with E-state index in [0.717, 1.165) is 16.9 Å². The number of nitrogens with zero attached hydrogens (tertiary/aromatic N) is 1. The second-order valence-corrected chi connectivity index (χ2v) is 6.62. The van der Waals surface area contributed by atoms with Gasteiger partial charge in [0.1, 0.15) is 12.4 Å². The molecule has 6 heteroatoms. The summed E-state index contributed by atoms with van der Waals surface area (Å²) >= 11 is 0. The maximum atomic E-state index is 12.8. The number of carbonyl (C=O) groups is 1. The lowest BCUT2D eigenvalue weighted by Gasteiger charge is -2.24. The lowest BCUT2D eigenvalue weighted by Crippen LogP contribution is -2.41. The molecule has 2 amide bonds. The summed E-state index contributed by atoms with van der Waals surface area (Å²) in [6.07, 6.45) is 0. The van der Waals surface area contributed by atoms with Crippen LogP contribution in [0.3, 0.4) is 0 Å². The van der Waals surface area contributed by atoms with Crippen molar-refractivity contribution in [1.82, 2.24) is 10.2 Å². The van der Waals surface area contributed by atoms with Crippen LogP contribution < -0.4 is 19.5 Å². The van der Waals surface area contributed by atoms with Gasteiger partial charge in [-0.05, 0) is 44.5 Å². The molecule has 1 aliphatic heterocycles. The van der Waals surface area contributed by atoms with Crippen LogP contribution in [0, 0.1) is 0 Å². The predicted octanol–water partition coefficient (Wildman–Crippen LogP) is 4.15. The summed E-state index contributed by atoms with van der Waals surface area (Å²) in [5, 5.41) is 3.08. The van der Waals surface area contributed by atoms with Crippen LogP contribution >= 0.6 is 0 Å². The number of nitrogens with one attached hydrogen (secondary N) is 1. The fourth-order valence-electron chi connectivity index (χ4n) is 3.20. The van der Waals surface area contributed by atoms with Crippen molar-refractivity contribution in [3.05, 3.63) is 53.6 Å². The molecular weight excluding hydrogens is 356 g/mol. The van der Waals surface area contributed by atoms with Crippen molar-refractivity contribution in [3.8, 4) is 17.2 Å². The Balaban J connectivity index is 1.69. The number of hydrogen-bond acceptors (Lipinski definition) is 4. The van der Waals surface area contributed by atoms with Gasteiger partial charge < -0.3 is 24.4 Å². The zero-order chi connectivity index (χ0) is 19.9. The number of fused-ring (bicyclic) bond motifs is 1. The number of urea groups is 1. The molecule has 150 valence electrons. The molecule has 1 N–H and O–H groups in total. The van der Waals surface area contributed by atoms with Crippen LogP contribution in [0.2, 0.25) is 0 Å². The molecule has 1 atom stereocenters. The Morgan fingerprint density at radius 3 is 2.68 bits per heavy atom. The first-order chi connectivity index (χ1) is 13.6. The average Bonchev–Trinajstić information content (AvgIpc) is 2.92. The zero-order valence-corrected chi connectivity index (χ0v) is 16.7. The van der Waals surface area contributed by atoms with Gasteiger partial charge in [0.2, 0.25) is 0 Å². The summed E-state index contributed by atoms with van der Waals surface area (Å²) in [6, 6.07) is 13.3. The Hall–Kier alpha value is -2.89. The smallest absolute Gasteiger partial charge is 0.318 e. The standard InChI is InChI=1S/C22H28N2O4/c1-4-26-20-11-10-17(14-21(20)27-5-2)16(3)23-22(25)24-12-13-28-19-9-7-6-8-18(19)15-24/h6-11,14,16H,4-5,12-13,15H2,1-3H3,(H,23,25)/t16-/m0/s1. The lowest BCUT2D eigenvalue weighted by molar-refractivity contribution is 0.184. The van der Waals surface area contributed by atoms with E-state index in [2.05, 4.69) is 5.32 Å². The van der Waals surface area contributed by atoms with Gasteiger partial charge in [-0.15, -0.1) is 0 Å². The molecule has 1 heterocycles. The number of para-hydroxylation sites is 1. The first-order valence-electron chi connectivity index (χ1n) is 9.78. The molecule has 6 nitrogen and oxygen atoms in total. The molecular formula is C22H28N2O4. The Kier molecular flexibility index (Phi) is 6.63. The topological polar surface area (TPSA) is 60.0 Å². The van der Waals surface area contributed by atoms with Crippen LogP contribution in [0.25, 0.3) is 0 Å². The molecule has 0 saturated carbocycles. The highest BCUT2D eigenvalue weighted by Gasteiger charge is 2.21. The largest absolute Gasteiger partial charge is 0.491 e. The van der Waals surface area contributed by atoms with Crippen LogP contribution in [-0.2, 0) is 6.54 Å². The van der Waals surface area contributed by atoms with Crippen LogP contribution in [0.15, 0.2) is 42.5 Å². The molecule has 0 aliphatic carbocycles. The van der Waals surface area contributed by atoms with Crippen LogP contribution in [0.4, 0.5) is 4.79 Å². The Labute approximate surface area is 166 Å². The van der Waals surface area contributed by atoms with E-state index in [9.17, 15) is 4.79 Å². The predicted molar refractivity (Wildman–Crippen MR) is 108 cm³/mol. The maximum Gasteiger partial charge on any atom is 0.318 e. The molecule has 0 spiro atoms. The van der Waals surface area contributed by atoms with Crippen molar-refractivity contribution < 1.29 is 19.0 Å². The fourth-order valence-corrected chi connectivity index (χ4v) is 3.20. The van der Waals surface area contributed by atoms with E-state index in [-0.39, 0.29) is 12.1 Å². The minimum Gasteiger partial charge on any atom is -0.491 e. The summed E-state index contributed by atoms with van der Waals surface area (Å²) < 4.78 is 17.1. The highest BCUT2D eigenvalue weighted by molar-refractivity contribution is 5.75. The number of carbonyl (C=O) groups excluding carboxylic acids is 1. The Bertz CT molecular complexity index is 809. The van der Waals surface area contributed by atoms with Crippen molar-refractivity contribution in [3.63, 3.8) is 0 Å². The number of amides is 2. The highest BCUT2D eigenvalue weighted by Crippen LogP contribution is 2.31. The zero-order valence-electron chi connectivity index (χ0n) is 16.7. The van der Waals surface area contributed by atoms with E-state index in [0.29, 0.717) is 44.4 Å². The van der Waals surface area contributed by atoms with Gasteiger partial charge in [-0.25, -0.2) is 4.79 Å². The molecule has 0 saturated heterocycles. The van der Waals surface area contributed by atoms with Gasteiger partial charge in [0, 0.05) is 5.56 Å². The molecule has 0 fully saturated rings. The summed E-state index contributed by atoms with van der Waals surface area (Å²) in [6.45, 7) is 8.52. The summed E-state index contributed by atoms with van der Waals surface area (Å²) in [4.78, 5) is 14.6. The molecule has 28 heavy (non-hydrogen) atoms. The number of benzene rings is 2. The second-order valence-electron chi connectivity index (χ2n) is 6.62. The van der Waals surface area contributed by atoms with Gasteiger partial charge in [0.25, 0.3) is 0 Å². The van der Waals surface area contributed by atoms with Crippen molar-refractivity contribution in [1.29, 1.82) is 0 Å². The van der Waals surface area contributed by atoms with Crippen LogP contribution in [0.5, 0.6) is 17.2 Å². The van der Waals surface area contributed by atoms with Gasteiger partial charge >= 0.3 is 6.03 Å². The Morgan fingerprint density at radius 2 is 1.89 bits per heavy atom. The molecule has 2 aromatic rings. The number of hydrogen-bond donors (Lipinski definition) is 1. The molecule has 3 rings (SSSR count). The van der Waals surface area contributed by atoms with Crippen LogP contribution in [-0.4, -0.2) is 37.3 Å². The molecule has 1 aliphatic rings. The molecule has 2 aromatic carbocycles. The summed E-state index contributed by atoms with van der Waals surface area (Å²) in [5.74, 6) is 2.26. The van der Waals surface area contributed by atoms with Gasteiger partial charge in [0.05, 0.1) is 32.3 Å². The van der Waals surface area contributed by atoms with E-state index >= 15 is 0 Å². The van der Waals surface area contributed by atoms with Gasteiger partial charge in [-0.1, -0.05) is 24.3 Å². The van der Waals surface area contributed by atoms with Gasteiger partial charge in [0.15, 0.2) is 11.5 Å². The Morgan fingerprint density at radius 1 is 1.14 bits per heavy atom. The lowest BCUT2D eigenvalue weighted by atomic mass is 10.1. The molecule has 0 unspecified atom stereocenters.